The van der Waals surface area contributed by atoms with Gasteiger partial charge >= 0.3 is 0 Å². The average molecular weight is 507 g/mol. The zero-order chi connectivity index (χ0) is 24.3. The molecule has 0 bridgehead atoms. The minimum absolute atomic E-state index is 0.391. The van der Waals surface area contributed by atoms with Crippen molar-refractivity contribution in [3.8, 4) is 5.69 Å². The van der Waals surface area contributed by atoms with Crippen LogP contribution in [0.15, 0.2) is 53.6 Å². The molecule has 174 valence electrons. The lowest BCUT2D eigenvalue weighted by Crippen LogP contribution is -2.39. The van der Waals surface area contributed by atoms with Crippen molar-refractivity contribution < 1.29 is 13.2 Å². The summed E-state index contributed by atoms with van der Waals surface area (Å²) in [6.07, 6.45) is 2.57. The zero-order valence-electron chi connectivity index (χ0n) is 18.6. The van der Waals surface area contributed by atoms with Crippen LogP contribution in [0.25, 0.3) is 5.69 Å². The number of carbonyl (C=O) groups excluding carboxylic acids is 1. The SMILES string of the molecule is Cc1ccccc1N(CC(=O)N/N=C\c1cc(C)n(-c2cccc(Cl)c2Cl)c1C)S(C)(=O)=O. The summed E-state index contributed by atoms with van der Waals surface area (Å²) in [5, 5.41) is 4.91. The van der Waals surface area contributed by atoms with Gasteiger partial charge in [0.15, 0.2) is 0 Å². The fraction of sp³-hybridized carbons (Fsp3) is 0.217. The van der Waals surface area contributed by atoms with Gasteiger partial charge in [-0.2, -0.15) is 5.10 Å². The Morgan fingerprint density at radius 2 is 1.82 bits per heavy atom. The van der Waals surface area contributed by atoms with E-state index in [1.165, 1.54) is 6.21 Å². The number of para-hydroxylation sites is 1. The molecule has 1 aromatic heterocycles. The highest BCUT2D eigenvalue weighted by Gasteiger charge is 2.22. The fourth-order valence-corrected chi connectivity index (χ4v) is 4.81. The predicted octanol–water partition coefficient (Wildman–Crippen LogP) is 4.63. The smallest absolute Gasteiger partial charge is 0.260 e. The third kappa shape index (κ3) is 5.58. The van der Waals surface area contributed by atoms with Gasteiger partial charge < -0.3 is 4.57 Å². The van der Waals surface area contributed by atoms with Gasteiger partial charge in [-0.15, -0.1) is 0 Å². The summed E-state index contributed by atoms with van der Waals surface area (Å²) in [5.74, 6) is -0.563. The molecule has 0 aliphatic carbocycles. The molecule has 3 aromatic rings. The Labute approximate surface area is 203 Å². The normalized spacial score (nSPS) is 11.7. The van der Waals surface area contributed by atoms with Gasteiger partial charge in [-0.3, -0.25) is 9.10 Å². The highest BCUT2D eigenvalue weighted by molar-refractivity contribution is 7.92. The van der Waals surface area contributed by atoms with Crippen LogP contribution in [0, 0.1) is 20.8 Å². The number of rotatable bonds is 7. The van der Waals surface area contributed by atoms with E-state index in [1.54, 1.807) is 37.3 Å². The summed E-state index contributed by atoms with van der Waals surface area (Å²) in [6, 6.07) is 14.3. The molecule has 0 fully saturated rings. The first-order chi connectivity index (χ1) is 15.5. The topological polar surface area (TPSA) is 83.8 Å². The molecule has 1 N–H and O–H groups in total. The predicted molar refractivity (Wildman–Crippen MR) is 134 cm³/mol. The summed E-state index contributed by atoms with van der Waals surface area (Å²) in [6.45, 7) is 5.22. The maximum atomic E-state index is 12.5. The molecule has 0 aliphatic rings. The molecular formula is C23H24Cl2N4O3S. The van der Waals surface area contributed by atoms with Gasteiger partial charge in [-0.25, -0.2) is 13.8 Å². The van der Waals surface area contributed by atoms with Gasteiger partial charge in [0.25, 0.3) is 5.91 Å². The van der Waals surface area contributed by atoms with Gasteiger partial charge in [0.1, 0.15) is 6.54 Å². The van der Waals surface area contributed by atoms with Crippen LogP contribution in [0.3, 0.4) is 0 Å². The van der Waals surface area contributed by atoms with Crippen LogP contribution in [0.4, 0.5) is 5.69 Å². The average Bonchev–Trinajstić information content (AvgIpc) is 3.01. The molecule has 0 aliphatic heterocycles. The van der Waals surface area contributed by atoms with Crippen LogP contribution in [0.1, 0.15) is 22.5 Å². The first-order valence-corrected chi connectivity index (χ1v) is 12.6. The minimum atomic E-state index is -3.67. The lowest BCUT2D eigenvalue weighted by atomic mass is 10.2. The quantitative estimate of drug-likeness (QED) is 0.374. The lowest BCUT2D eigenvalue weighted by Gasteiger charge is -2.23. The number of anilines is 1. The number of sulfonamides is 1. The number of hydrogen-bond acceptors (Lipinski definition) is 4. The molecule has 10 heteroatoms. The number of halogens is 2. The van der Waals surface area contributed by atoms with E-state index < -0.39 is 22.5 Å². The van der Waals surface area contributed by atoms with E-state index >= 15 is 0 Å². The van der Waals surface area contributed by atoms with Gasteiger partial charge in [0, 0.05) is 17.0 Å². The third-order valence-corrected chi connectivity index (χ3v) is 7.04. The van der Waals surface area contributed by atoms with Crippen molar-refractivity contribution in [2.45, 2.75) is 20.8 Å². The Bertz CT molecular complexity index is 1330. The van der Waals surface area contributed by atoms with E-state index in [0.717, 1.165) is 38.8 Å². The molecular weight excluding hydrogens is 483 g/mol. The number of nitrogens with one attached hydrogen (secondary N) is 1. The number of hydrogen-bond donors (Lipinski definition) is 1. The molecule has 0 spiro atoms. The van der Waals surface area contributed by atoms with Gasteiger partial charge in [-0.1, -0.05) is 47.5 Å². The molecule has 0 saturated carbocycles. The van der Waals surface area contributed by atoms with Crippen LogP contribution >= 0.6 is 23.2 Å². The van der Waals surface area contributed by atoms with Crippen LogP contribution in [-0.4, -0.2) is 37.9 Å². The largest absolute Gasteiger partial charge is 0.316 e. The summed E-state index contributed by atoms with van der Waals surface area (Å²) in [4.78, 5) is 12.5. The number of aryl methyl sites for hydroxylation is 2. The van der Waals surface area contributed by atoms with Crippen LogP contribution in [0.2, 0.25) is 10.0 Å². The Kier molecular flexibility index (Phi) is 7.51. The number of aromatic nitrogens is 1. The molecule has 2 aromatic carbocycles. The molecule has 0 radical (unpaired) electrons. The van der Waals surface area contributed by atoms with Gasteiger partial charge in [0.2, 0.25) is 10.0 Å². The van der Waals surface area contributed by atoms with E-state index in [1.807, 2.05) is 36.6 Å². The van der Waals surface area contributed by atoms with Crippen LogP contribution in [0.5, 0.6) is 0 Å². The Morgan fingerprint density at radius 3 is 2.48 bits per heavy atom. The lowest BCUT2D eigenvalue weighted by molar-refractivity contribution is -0.119. The van der Waals surface area contributed by atoms with E-state index in [0.29, 0.717) is 15.7 Å². The standard InChI is InChI=1S/C23H24Cl2N4O3S/c1-15-8-5-6-10-20(15)28(33(4,31)32)14-22(30)27-26-13-18-12-16(2)29(17(18)3)21-11-7-9-19(24)23(21)25/h5-13H,14H2,1-4H3,(H,27,30)/b26-13-. The Hall–Kier alpha value is -2.81. The highest BCUT2D eigenvalue weighted by Crippen LogP contribution is 2.31. The minimum Gasteiger partial charge on any atom is -0.316 e. The summed E-state index contributed by atoms with van der Waals surface area (Å²) in [5.41, 5.74) is 6.87. The van der Waals surface area contributed by atoms with E-state index in [2.05, 4.69) is 10.5 Å². The second-order valence-corrected chi connectivity index (χ2v) is 10.3. The number of benzene rings is 2. The van der Waals surface area contributed by atoms with E-state index in [9.17, 15) is 13.2 Å². The molecule has 0 saturated heterocycles. The van der Waals surface area contributed by atoms with E-state index in [-0.39, 0.29) is 0 Å². The van der Waals surface area contributed by atoms with E-state index in [4.69, 9.17) is 23.2 Å². The monoisotopic (exact) mass is 506 g/mol. The first kappa shape index (κ1) is 24.8. The van der Waals surface area contributed by atoms with Crippen molar-refractivity contribution in [1.29, 1.82) is 0 Å². The molecule has 0 unspecified atom stereocenters. The summed E-state index contributed by atoms with van der Waals surface area (Å²) < 4.78 is 27.5. The fourth-order valence-electron chi connectivity index (χ4n) is 3.52. The van der Waals surface area contributed by atoms with Crippen molar-refractivity contribution >= 4 is 51.0 Å². The first-order valence-electron chi connectivity index (χ1n) is 9.99. The summed E-state index contributed by atoms with van der Waals surface area (Å²) >= 11 is 12.5. The number of amides is 1. The Balaban J connectivity index is 1.78. The maximum Gasteiger partial charge on any atom is 0.260 e. The zero-order valence-corrected chi connectivity index (χ0v) is 21.0. The van der Waals surface area contributed by atoms with Gasteiger partial charge in [-0.05, 0) is 50.6 Å². The molecule has 1 heterocycles. The molecule has 33 heavy (non-hydrogen) atoms. The third-order valence-electron chi connectivity index (χ3n) is 5.11. The second-order valence-electron chi connectivity index (χ2n) is 7.58. The van der Waals surface area contributed by atoms with Crippen molar-refractivity contribution in [1.82, 2.24) is 9.99 Å². The molecule has 3 rings (SSSR count). The molecule has 1 amide bonds. The Morgan fingerprint density at radius 1 is 1.12 bits per heavy atom. The molecule has 0 atom stereocenters. The van der Waals surface area contributed by atoms with Gasteiger partial charge in [0.05, 0.1) is 33.9 Å². The highest BCUT2D eigenvalue weighted by atomic mass is 35.5. The van der Waals surface area contributed by atoms with Crippen molar-refractivity contribution in [3.05, 3.63) is 81.1 Å². The number of hydrazone groups is 1. The van der Waals surface area contributed by atoms with Crippen molar-refractivity contribution in [2.24, 2.45) is 5.10 Å². The number of nitrogens with zero attached hydrogens (tertiary/aromatic N) is 3. The van der Waals surface area contributed by atoms with Crippen LogP contribution in [-0.2, 0) is 14.8 Å². The summed E-state index contributed by atoms with van der Waals surface area (Å²) in [7, 11) is -3.67. The number of carbonyl (C=O) groups is 1. The van der Waals surface area contributed by atoms with Crippen LogP contribution < -0.4 is 9.73 Å². The van der Waals surface area contributed by atoms with Crippen molar-refractivity contribution in [2.75, 3.05) is 17.1 Å². The molecule has 7 nitrogen and oxygen atoms in total. The van der Waals surface area contributed by atoms with Crippen molar-refractivity contribution in [3.63, 3.8) is 0 Å². The second kappa shape index (κ2) is 9.99. The maximum absolute atomic E-state index is 12.5.